The van der Waals surface area contributed by atoms with E-state index in [1.807, 2.05) is 25.1 Å². The van der Waals surface area contributed by atoms with Crippen LogP contribution < -0.4 is 10.1 Å². The molecule has 0 bridgehead atoms. The van der Waals surface area contributed by atoms with Crippen LogP contribution in [-0.2, 0) is 4.79 Å². The number of thiazole rings is 1. The molecule has 1 amide bonds. The van der Waals surface area contributed by atoms with E-state index in [4.69, 9.17) is 4.74 Å². The van der Waals surface area contributed by atoms with Crippen molar-refractivity contribution in [3.8, 4) is 17.0 Å². The molecule has 1 aromatic heterocycles. The van der Waals surface area contributed by atoms with Gasteiger partial charge in [-0.15, -0.1) is 11.3 Å². The molecule has 0 aliphatic carbocycles. The molecule has 0 spiro atoms. The van der Waals surface area contributed by atoms with Crippen molar-refractivity contribution in [1.82, 2.24) is 4.98 Å². The third-order valence-electron chi connectivity index (χ3n) is 3.56. The normalized spacial score (nSPS) is 10.3. The molecule has 8 heteroatoms. The van der Waals surface area contributed by atoms with Crippen molar-refractivity contribution in [3.63, 3.8) is 0 Å². The highest BCUT2D eigenvalue weighted by Gasteiger charge is 2.12. The molecule has 3 rings (SSSR count). The van der Waals surface area contributed by atoms with Gasteiger partial charge >= 0.3 is 0 Å². The van der Waals surface area contributed by atoms with E-state index in [1.54, 1.807) is 23.6 Å². The van der Waals surface area contributed by atoms with Gasteiger partial charge in [-0.3, -0.25) is 20.2 Å². The van der Waals surface area contributed by atoms with Crippen LogP contribution in [0.5, 0.6) is 5.75 Å². The molecule has 1 heterocycles. The summed E-state index contributed by atoms with van der Waals surface area (Å²) < 4.78 is 5.49. The fourth-order valence-electron chi connectivity index (χ4n) is 2.26. The smallest absolute Gasteiger partial charge is 0.270 e. The zero-order valence-corrected chi connectivity index (χ0v) is 14.7. The number of rotatable bonds is 6. The highest BCUT2D eigenvalue weighted by molar-refractivity contribution is 7.14. The van der Waals surface area contributed by atoms with E-state index in [1.165, 1.54) is 23.5 Å². The fraction of sp³-hybridized carbons (Fsp3) is 0.111. The number of para-hydroxylation sites is 1. The third-order valence-corrected chi connectivity index (χ3v) is 4.31. The number of nitro benzene ring substituents is 1. The topological polar surface area (TPSA) is 94.4 Å². The lowest BCUT2D eigenvalue weighted by Crippen LogP contribution is -2.20. The second-order valence-electron chi connectivity index (χ2n) is 5.45. The number of aromatic nitrogens is 1. The maximum atomic E-state index is 12.0. The molecule has 2 aromatic carbocycles. The molecule has 0 unspecified atom stereocenters. The summed E-state index contributed by atoms with van der Waals surface area (Å²) in [6, 6.07) is 13.6. The van der Waals surface area contributed by atoms with Crippen LogP contribution in [0.25, 0.3) is 11.3 Å². The maximum Gasteiger partial charge on any atom is 0.270 e. The van der Waals surface area contributed by atoms with E-state index < -0.39 is 4.92 Å². The summed E-state index contributed by atoms with van der Waals surface area (Å²) in [5.41, 5.74) is 2.12. The summed E-state index contributed by atoms with van der Waals surface area (Å²) in [5.74, 6) is 0.326. The standard InChI is InChI=1S/C18H15N3O4S/c1-12-5-2-3-8-16(12)25-10-17(22)20-18-19-15(11-26-18)13-6-4-7-14(9-13)21(23)24/h2-9,11H,10H2,1H3,(H,19,20,22). The monoisotopic (exact) mass is 369 g/mol. The van der Waals surface area contributed by atoms with Crippen LogP contribution in [0.4, 0.5) is 10.8 Å². The number of hydrogen-bond donors (Lipinski definition) is 1. The van der Waals surface area contributed by atoms with Crippen LogP contribution >= 0.6 is 11.3 Å². The largest absolute Gasteiger partial charge is 0.483 e. The van der Waals surface area contributed by atoms with Crippen molar-refractivity contribution in [2.24, 2.45) is 0 Å². The van der Waals surface area contributed by atoms with E-state index in [2.05, 4.69) is 10.3 Å². The van der Waals surface area contributed by atoms with Gasteiger partial charge in [0.1, 0.15) is 5.75 Å². The molecule has 0 aliphatic rings. The fourth-order valence-corrected chi connectivity index (χ4v) is 3.00. The molecule has 132 valence electrons. The van der Waals surface area contributed by atoms with Gasteiger partial charge in [-0.1, -0.05) is 30.3 Å². The van der Waals surface area contributed by atoms with Crippen molar-refractivity contribution in [3.05, 3.63) is 69.6 Å². The number of nitro groups is 1. The Kier molecular flexibility index (Phi) is 5.23. The van der Waals surface area contributed by atoms with Gasteiger partial charge in [0, 0.05) is 23.1 Å². The molecule has 3 aromatic rings. The van der Waals surface area contributed by atoms with Crippen molar-refractivity contribution >= 4 is 28.1 Å². The second-order valence-corrected chi connectivity index (χ2v) is 6.31. The minimum absolute atomic E-state index is 0.00674. The number of amides is 1. The van der Waals surface area contributed by atoms with Crippen molar-refractivity contribution in [2.45, 2.75) is 6.92 Å². The lowest BCUT2D eigenvalue weighted by atomic mass is 10.1. The first-order valence-corrected chi connectivity index (χ1v) is 8.59. The van der Waals surface area contributed by atoms with Gasteiger partial charge < -0.3 is 4.74 Å². The number of carbonyl (C=O) groups excluding carboxylic acids is 1. The van der Waals surface area contributed by atoms with Crippen molar-refractivity contribution in [1.29, 1.82) is 0 Å². The van der Waals surface area contributed by atoms with Crippen molar-refractivity contribution in [2.75, 3.05) is 11.9 Å². The molecule has 0 saturated carbocycles. The average Bonchev–Trinajstić information content (AvgIpc) is 3.09. The molecule has 0 aliphatic heterocycles. The van der Waals surface area contributed by atoms with Crippen LogP contribution in [0, 0.1) is 17.0 Å². The predicted molar refractivity (Wildman–Crippen MR) is 99.5 cm³/mol. The Balaban J connectivity index is 1.63. The number of non-ortho nitro benzene ring substituents is 1. The summed E-state index contributed by atoms with van der Waals surface area (Å²) >= 11 is 1.24. The third kappa shape index (κ3) is 4.22. The van der Waals surface area contributed by atoms with E-state index >= 15 is 0 Å². The number of nitrogens with one attached hydrogen (secondary N) is 1. The van der Waals surface area contributed by atoms with Crippen LogP contribution in [-0.4, -0.2) is 22.4 Å². The Labute approximate surface area is 153 Å². The first kappa shape index (κ1) is 17.6. The summed E-state index contributed by atoms with van der Waals surface area (Å²) in [5, 5.41) is 15.7. The number of carbonyl (C=O) groups is 1. The van der Waals surface area contributed by atoms with E-state index in [0.29, 0.717) is 22.1 Å². The molecule has 0 fully saturated rings. The Morgan fingerprint density at radius 2 is 2.08 bits per heavy atom. The average molecular weight is 369 g/mol. The lowest BCUT2D eigenvalue weighted by molar-refractivity contribution is -0.384. The molecule has 0 saturated heterocycles. The van der Waals surface area contributed by atoms with Crippen LogP contribution in [0.3, 0.4) is 0 Å². The Morgan fingerprint density at radius 1 is 1.27 bits per heavy atom. The van der Waals surface area contributed by atoms with E-state index in [0.717, 1.165) is 5.56 Å². The van der Waals surface area contributed by atoms with Crippen LogP contribution in [0.2, 0.25) is 0 Å². The SMILES string of the molecule is Cc1ccccc1OCC(=O)Nc1nc(-c2cccc([N+](=O)[O-])c2)cs1. The zero-order valence-electron chi connectivity index (χ0n) is 13.8. The molecule has 1 N–H and O–H groups in total. The first-order valence-electron chi connectivity index (χ1n) is 7.71. The Bertz CT molecular complexity index is 955. The van der Waals surface area contributed by atoms with Gasteiger partial charge in [0.2, 0.25) is 0 Å². The first-order chi connectivity index (χ1) is 12.5. The molecule has 7 nitrogen and oxygen atoms in total. The number of hydrogen-bond acceptors (Lipinski definition) is 6. The van der Waals surface area contributed by atoms with Crippen LogP contribution in [0.1, 0.15) is 5.56 Å². The highest BCUT2D eigenvalue weighted by Crippen LogP contribution is 2.27. The maximum absolute atomic E-state index is 12.0. The van der Waals surface area contributed by atoms with Gasteiger partial charge in [0.25, 0.3) is 11.6 Å². The van der Waals surface area contributed by atoms with Gasteiger partial charge in [-0.05, 0) is 18.6 Å². The number of nitrogens with zero attached hydrogens (tertiary/aromatic N) is 2. The minimum atomic E-state index is -0.457. The number of aryl methyl sites for hydroxylation is 1. The lowest BCUT2D eigenvalue weighted by Gasteiger charge is -2.08. The minimum Gasteiger partial charge on any atom is -0.483 e. The van der Waals surface area contributed by atoms with E-state index in [-0.39, 0.29) is 18.2 Å². The number of benzene rings is 2. The van der Waals surface area contributed by atoms with Gasteiger partial charge in [0.05, 0.1) is 10.6 Å². The zero-order chi connectivity index (χ0) is 18.5. The molecular weight excluding hydrogens is 354 g/mol. The summed E-state index contributed by atoms with van der Waals surface area (Å²) in [6.07, 6.45) is 0. The Hall–Kier alpha value is -3.26. The highest BCUT2D eigenvalue weighted by atomic mass is 32.1. The Morgan fingerprint density at radius 3 is 2.85 bits per heavy atom. The summed E-state index contributed by atoms with van der Waals surface area (Å²) in [6.45, 7) is 1.77. The molecular formula is C18H15N3O4S. The second kappa shape index (κ2) is 7.75. The van der Waals surface area contributed by atoms with Gasteiger partial charge in [-0.25, -0.2) is 4.98 Å². The van der Waals surface area contributed by atoms with E-state index in [9.17, 15) is 14.9 Å². The molecule has 26 heavy (non-hydrogen) atoms. The predicted octanol–water partition coefficient (Wildman–Crippen LogP) is 4.04. The molecule has 0 radical (unpaired) electrons. The number of ether oxygens (including phenoxy) is 1. The van der Waals surface area contributed by atoms with Gasteiger partial charge in [0.15, 0.2) is 11.7 Å². The van der Waals surface area contributed by atoms with Crippen LogP contribution in [0.15, 0.2) is 53.9 Å². The van der Waals surface area contributed by atoms with Crippen molar-refractivity contribution < 1.29 is 14.5 Å². The molecule has 0 atom stereocenters. The quantitative estimate of drug-likeness (QED) is 0.523. The summed E-state index contributed by atoms with van der Waals surface area (Å²) in [4.78, 5) is 26.7. The van der Waals surface area contributed by atoms with Gasteiger partial charge in [-0.2, -0.15) is 0 Å². The number of anilines is 1. The summed E-state index contributed by atoms with van der Waals surface area (Å²) in [7, 11) is 0.